The molecule has 0 bridgehead atoms. The lowest BCUT2D eigenvalue weighted by molar-refractivity contribution is -0.122. The van der Waals surface area contributed by atoms with Gasteiger partial charge in [0.25, 0.3) is 0 Å². The molecule has 0 aliphatic rings. The average Bonchev–Trinajstić information content (AvgIpc) is 2.64. The number of aromatic amines is 1. The fraction of sp³-hybridized carbons (Fsp3) is 0.467. The van der Waals surface area contributed by atoms with Crippen LogP contribution in [0.3, 0.4) is 0 Å². The Morgan fingerprint density at radius 3 is 2.70 bits per heavy atom. The van der Waals surface area contributed by atoms with Crippen LogP contribution < -0.4 is 11.0 Å². The second-order valence-electron chi connectivity index (χ2n) is 6.19. The second kappa shape index (κ2) is 5.53. The summed E-state index contributed by atoms with van der Waals surface area (Å²) in [6, 6.07) is 7.54. The van der Waals surface area contributed by atoms with Crippen LogP contribution >= 0.6 is 0 Å². The van der Waals surface area contributed by atoms with Crippen LogP contribution in [-0.4, -0.2) is 22.0 Å². The minimum atomic E-state index is -0.142. The van der Waals surface area contributed by atoms with Gasteiger partial charge >= 0.3 is 5.69 Å². The van der Waals surface area contributed by atoms with Crippen LogP contribution in [0.2, 0.25) is 0 Å². The molecule has 1 heterocycles. The van der Waals surface area contributed by atoms with Gasteiger partial charge in [-0.2, -0.15) is 0 Å². The van der Waals surface area contributed by atoms with E-state index in [1.165, 1.54) is 0 Å². The summed E-state index contributed by atoms with van der Waals surface area (Å²) in [5.41, 5.74) is 1.51. The summed E-state index contributed by atoms with van der Waals surface area (Å²) in [4.78, 5) is 26.4. The number of aromatic nitrogens is 2. The predicted molar refractivity (Wildman–Crippen MR) is 79.6 cm³/mol. The van der Waals surface area contributed by atoms with Gasteiger partial charge in [0.05, 0.1) is 11.0 Å². The third kappa shape index (κ3) is 3.50. The van der Waals surface area contributed by atoms with Crippen molar-refractivity contribution in [3.05, 3.63) is 34.7 Å². The van der Waals surface area contributed by atoms with Gasteiger partial charge in [-0.15, -0.1) is 0 Å². The summed E-state index contributed by atoms with van der Waals surface area (Å²) in [6.45, 7) is 7.00. The molecule has 0 saturated heterocycles. The van der Waals surface area contributed by atoms with Crippen molar-refractivity contribution >= 4 is 16.9 Å². The second-order valence-corrected chi connectivity index (χ2v) is 6.19. The molecular formula is C15H21N3O2. The molecule has 1 amide bonds. The lowest BCUT2D eigenvalue weighted by Crippen LogP contribution is -2.32. The summed E-state index contributed by atoms with van der Waals surface area (Å²) in [5, 5.41) is 2.86. The van der Waals surface area contributed by atoms with Crippen LogP contribution in [0, 0.1) is 5.41 Å². The van der Waals surface area contributed by atoms with E-state index in [0.717, 1.165) is 11.0 Å². The van der Waals surface area contributed by atoms with Gasteiger partial charge in [-0.3, -0.25) is 9.36 Å². The zero-order valence-corrected chi connectivity index (χ0v) is 12.2. The van der Waals surface area contributed by atoms with E-state index in [4.69, 9.17) is 0 Å². The molecule has 0 aliphatic heterocycles. The summed E-state index contributed by atoms with van der Waals surface area (Å²) < 4.78 is 1.65. The third-order valence-electron chi connectivity index (χ3n) is 3.03. The zero-order valence-electron chi connectivity index (χ0n) is 12.2. The monoisotopic (exact) mass is 275 g/mol. The van der Waals surface area contributed by atoms with Crippen molar-refractivity contribution < 1.29 is 4.79 Å². The summed E-state index contributed by atoms with van der Waals surface area (Å²) in [7, 11) is 0. The van der Waals surface area contributed by atoms with Crippen LogP contribution in [-0.2, 0) is 11.3 Å². The fourth-order valence-electron chi connectivity index (χ4n) is 2.18. The van der Waals surface area contributed by atoms with E-state index >= 15 is 0 Å². The first-order valence-electron chi connectivity index (χ1n) is 6.81. The van der Waals surface area contributed by atoms with Gasteiger partial charge in [-0.1, -0.05) is 32.9 Å². The van der Waals surface area contributed by atoms with E-state index < -0.39 is 0 Å². The van der Waals surface area contributed by atoms with Crippen molar-refractivity contribution in [1.29, 1.82) is 0 Å². The van der Waals surface area contributed by atoms with Gasteiger partial charge < -0.3 is 10.3 Å². The number of para-hydroxylation sites is 2. The number of amides is 1. The van der Waals surface area contributed by atoms with Crippen LogP contribution in [0.25, 0.3) is 11.0 Å². The van der Waals surface area contributed by atoms with E-state index in [1.807, 2.05) is 45.0 Å². The Kier molecular flexibility index (Phi) is 3.97. The number of carbonyl (C=O) groups is 1. The number of nitrogens with zero attached hydrogens (tertiary/aromatic N) is 1. The molecule has 2 rings (SSSR count). The Morgan fingerprint density at radius 2 is 2.00 bits per heavy atom. The van der Waals surface area contributed by atoms with Gasteiger partial charge in [0.15, 0.2) is 0 Å². The number of H-pyrrole nitrogens is 1. The predicted octanol–water partition coefficient (Wildman–Crippen LogP) is 1.88. The SMILES string of the molecule is CC(C)(C)CC(=O)NCCn1c(=O)[nH]c2ccccc21. The van der Waals surface area contributed by atoms with Crippen LogP contribution in [0.1, 0.15) is 27.2 Å². The molecule has 0 radical (unpaired) electrons. The maximum absolute atomic E-state index is 11.8. The molecule has 2 aromatic rings. The highest BCUT2D eigenvalue weighted by Crippen LogP contribution is 2.17. The smallest absolute Gasteiger partial charge is 0.326 e. The van der Waals surface area contributed by atoms with E-state index in [-0.39, 0.29) is 17.0 Å². The molecule has 108 valence electrons. The number of fused-ring (bicyclic) bond motifs is 1. The summed E-state index contributed by atoms with van der Waals surface area (Å²) >= 11 is 0. The Morgan fingerprint density at radius 1 is 1.30 bits per heavy atom. The molecule has 0 unspecified atom stereocenters. The maximum atomic E-state index is 11.8. The van der Waals surface area contributed by atoms with Gasteiger partial charge in [0, 0.05) is 19.5 Å². The van der Waals surface area contributed by atoms with Crippen molar-refractivity contribution in [3.8, 4) is 0 Å². The Labute approximate surface area is 118 Å². The average molecular weight is 275 g/mol. The lowest BCUT2D eigenvalue weighted by Gasteiger charge is -2.17. The van der Waals surface area contributed by atoms with Gasteiger partial charge in [-0.25, -0.2) is 4.79 Å². The molecule has 0 atom stereocenters. The standard InChI is InChI=1S/C15H21N3O2/c1-15(2,3)10-13(19)16-8-9-18-12-7-5-4-6-11(12)17-14(18)20/h4-7H,8-10H2,1-3H3,(H,16,19)(H,17,20). The number of carbonyl (C=O) groups excluding carboxylic acids is 1. The molecule has 0 fully saturated rings. The quantitative estimate of drug-likeness (QED) is 0.894. The molecule has 1 aromatic carbocycles. The van der Waals surface area contributed by atoms with Crippen LogP contribution in [0.4, 0.5) is 0 Å². The van der Waals surface area contributed by atoms with Crippen LogP contribution in [0.15, 0.2) is 29.1 Å². The molecule has 1 aromatic heterocycles. The van der Waals surface area contributed by atoms with Crippen molar-refractivity contribution in [1.82, 2.24) is 14.9 Å². The lowest BCUT2D eigenvalue weighted by atomic mass is 9.92. The molecular weight excluding hydrogens is 254 g/mol. The zero-order chi connectivity index (χ0) is 14.8. The Bertz CT molecular complexity index is 662. The normalized spacial score (nSPS) is 11.8. The number of hydrogen-bond acceptors (Lipinski definition) is 2. The minimum Gasteiger partial charge on any atom is -0.354 e. The highest BCUT2D eigenvalue weighted by molar-refractivity contribution is 5.76. The Hall–Kier alpha value is -2.04. The number of imidazole rings is 1. The molecule has 0 spiro atoms. The van der Waals surface area contributed by atoms with E-state index in [0.29, 0.717) is 19.5 Å². The van der Waals surface area contributed by atoms with Gasteiger partial charge in [0.2, 0.25) is 5.91 Å². The van der Waals surface area contributed by atoms with Crippen LogP contribution in [0.5, 0.6) is 0 Å². The van der Waals surface area contributed by atoms with E-state index in [2.05, 4.69) is 10.3 Å². The summed E-state index contributed by atoms with van der Waals surface area (Å²) in [5.74, 6) is 0.0189. The molecule has 5 heteroatoms. The largest absolute Gasteiger partial charge is 0.354 e. The van der Waals surface area contributed by atoms with Crippen molar-refractivity contribution in [2.75, 3.05) is 6.54 Å². The molecule has 0 aliphatic carbocycles. The van der Waals surface area contributed by atoms with E-state index in [1.54, 1.807) is 4.57 Å². The summed E-state index contributed by atoms with van der Waals surface area (Å²) in [6.07, 6.45) is 0.482. The Balaban J connectivity index is 1.98. The van der Waals surface area contributed by atoms with Crippen molar-refractivity contribution in [3.63, 3.8) is 0 Å². The highest BCUT2D eigenvalue weighted by atomic mass is 16.2. The van der Waals surface area contributed by atoms with Crippen molar-refractivity contribution in [2.45, 2.75) is 33.7 Å². The number of hydrogen-bond donors (Lipinski definition) is 2. The third-order valence-corrected chi connectivity index (χ3v) is 3.03. The minimum absolute atomic E-state index is 0.0189. The van der Waals surface area contributed by atoms with E-state index in [9.17, 15) is 9.59 Å². The van der Waals surface area contributed by atoms with Gasteiger partial charge in [-0.05, 0) is 17.5 Å². The first-order valence-corrected chi connectivity index (χ1v) is 6.81. The highest BCUT2D eigenvalue weighted by Gasteiger charge is 2.15. The van der Waals surface area contributed by atoms with Gasteiger partial charge in [0.1, 0.15) is 0 Å². The van der Waals surface area contributed by atoms with Crippen molar-refractivity contribution in [2.24, 2.45) is 5.41 Å². The first-order chi connectivity index (χ1) is 9.37. The number of nitrogens with one attached hydrogen (secondary N) is 2. The number of benzene rings is 1. The first kappa shape index (κ1) is 14.4. The molecule has 20 heavy (non-hydrogen) atoms. The molecule has 0 saturated carbocycles. The maximum Gasteiger partial charge on any atom is 0.326 e. The topological polar surface area (TPSA) is 66.9 Å². The molecule has 5 nitrogen and oxygen atoms in total. The molecule has 2 N–H and O–H groups in total. The fourth-order valence-corrected chi connectivity index (χ4v) is 2.18. The number of rotatable bonds is 4.